The molecule has 2 N–H and O–H groups in total. The van der Waals surface area contributed by atoms with Crippen molar-refractivity contribution in [1.29, 1.82) is 0 Å². The van der Waals surface area contributed by atoms with Crippen molar-refractivity contribution < 1.29 is 14.3 Å². The number of nitrogens with one attached hydrogen (secondary N) is 2. The van der Waals surface area contributed by atoms with E-state index in [1.54, 1.807) is 43.5 Å². The molecule has 0 bridgehead atoms. The van der Waals surface area contributed by atoms with Crippen LogP contribution in [0.4, 0.5) is 5.69 Å². The number of unbranched alkanes of at least 4 members (excludes halogenated alkanes) is 1. The van der Waals surface area contributed by atoms with Crippen molar-refractivity contribution in [3.63, 3.8) is 0 Å². The minimum Gasteiger partial charge on any atom is -0.496 e. The molecule has 0 fully saturated rings. The quantitative estimate of drug-likeness (QED) is 0.265. The van der Waals surface area contributed by atoms with Gasteiger partial charge in [-0.15, -0.1) is 0 Å². The van der Waals surface area contributed by atoms with Crippen LogP contribution in [0.1, 0.15) is 30.4 Å². The van der Waals surface area contributed by atoms with Gasteiger partial charge in [-0.25, -0.2) is 4.79 Å². The van der Waals surface area contributed by atoms with E-state index in [9.17, 15) is 19.2 Å². The number of carbonyl (C=O) groups is 2. The Morgan fingerprint density at radius 2 is 1.68 bits per heavy atom. The van der Waals surface area contributed by atoms with Gasteiger partial charge in [0, 0.05) is 25.1 Å². The van der Waals surface area contributed by atoms with E-state index in [1.807, 2.05) is 37.3 Å². The van der Waals surface area contributed by atoms with Gasteiger partial charge in [-0.1, -0.05) is 48.0 Å². The Labute approximate surface area is 236 Å². The van der Waals surface area contributed by atoms with Crippen LogP contribution in [0, 0.1) is 6.92 Å². The predicted octanol–water partition coefficient (Wildman–Crippen LogP) is 4.26. The van der Waals surface area contributed by atoms with E-state index >= 15 is 0 Å². The fourth-order valence-corrected chi connectivity index (χ4v) is 4.74. The normalized spacial score (nSPS) is 10.9. The van der Waals surface area contributed by atoms with E-state index < -0.39 is 17.2 Å². The van der Waals surface area contributed by atoms with E-state index in [0.717, 1.165) is 15.7 Å². The molecular formula is C30H31ClN4O5. The van der Waals surface area contributed by atoms with Crippen LogP contribution in [0.2, 0.25) is 5.02 Å². The maximum Gasteiger partial charge on any atom is 0.331 e. The summed E-state index contributed by atoms with van der Waals surface area (Å²) < 4.78 is 7.72. The lowest BCUT2D eigenvalue weighted by Crippen LogP contribution is -2.41. The lowest BCUT2D eigenvalue weighted by Gasteiger charge is -2.15. The zero-order valence-corrected chi connectivity index (χ0v) is 23.2. The predicted molar refractivity (Wildman–Crippen MR) is 156 cm³/mol. The first-order valence-electron chi connectivity index (χ1n) is 13.0. The summed E-state index contributed by atoms with van der Waals surface area (Å²) in [6, 6.07) is 19.4. The van der Waals surface area contributed by atoms with Crippen LogP contribution in [0.15, 0.2) is 76.3 Å². The highest BCUT2D eigenvalue weighted by Crippen LogP contribution is 2.23. The highest BCUT2D eigenvalue weighted by molar-refractivity contribution is 6.33. The summed E-state index contributed by atoms with van der Waals surface area (Å²) in [5.41, 5.74) is 1.61. The van der Waals surface area contributed by atoms with Gasteiger partial charge in [0.05, 0.1) is 28.7 Å². The van der Waals surface area contributed by atoms with Gasteiger partial charge in [0.1, 0.15) is 12.3 Å². The number of anilines is 1. The smallest absolute Gasteiger partial charge is 0.331 e. The van der Waals surface area contributed by atoms with Gasteiger partial charge >= 0.3 is 5.69 Å². The average Bonchev–Trinajstić information content (AvgIpc) is 2.95. The van der Waals surface area contributed by atoms with Crippen LogP contribution in [0.5, 0.6) is 5.75 Å². The highest BCUT2D eigenvalue weighted by atomic mass is 35.5. The first-order valence-corrected chi connectivity index (χ1v) is 13.3. The highest BCUT2D eigenvalue weighted by Gasteiger charge is 2.16. The number of ether oxygens (including phenoxy) is 1. The first kappa shape index (κ1) is 28.6. The molecule has 2 amide bonds. The molecule has 0 saturated heterocycles. The molecule has 4 rings (SSSR count). The fourth-order valence-electron chi connectivity index (χ4n) is 4.46. The summed E-state index contributed by atoms with van der Waals surface area (Å²) in [6.45, 7) is 2.05. The molecule has 0 aliphatic rings. The number of hydrogen-bond donors (Lipinski definition) is 2. The molecule has 0 spiro atoms. The molecule has 4 aromatic rings. The molecule has 10 heteroatoms. The fraction of sp³-hybridized carbons (Fsp3) is 0.267. The number of rotatable bonds is 11. The molecule has 40 heavy (non-hydrogen) atoms. The number of benzene rings is 3. The Kier molecular flexibility index (Phi) is 9.39. The van der Waals surface area contributed by atoms with Crippen molar-refractivity contribution >= 4 is 40.0 Å². The Morgan fingerprint density at radius 1 is 0.925 bits per heavy atom. The molecule has 1 aromatic heterocycles. The third kappa shape index (κ3) is 6.79. The second kappa shape index (κ2) is 13.1. The van der Waals surface area contributed by atoms with Crippen LogP contribution in [0.25, 0.3) is 10.9 Å². The molecule has 0 aliphatic heterocycles. The summed E-state index contributed by atoms with van der Waals surface area (Å²) in [7, 11) is 1.58. The molecule has 208 valence electrons. The van der Waals surface area contributed by atoms with Crippen molar-refractivity contribution in [2.75, 3.05) is 12.4 Å². The lowest BCUT2D eigenvalue weighted by molar-refractivity contribution is -0.121. The second-order valence-electron chi connectivity index (χ2n) is 9.42. The maximum atomic E-state index is 13.4. The zero-order valence-electron chi connectivity index (χ0n) is 22.4. The van der Waals surface area contributed by atoms with E-state index in [1.165, 1.54) is 4.57 Å². The van der Waals surface area contributed by atoms with Gasteiger partial charge < -0.3 is 15.4 Å². The monoisotopic (exact) mass is 562 g/mol. The molecule has 0 atom stereocenters. The number of para-hydroxylation sites is 2. The molecule has 9 nitrogen and oxygen atoms in total. The number of amides is 2. The maximum absolute atomic E-state index is 13.4. The van der Waals surface area contributed by atoms with Crippen molar-refractivity contribution in [3.05, 3.63) is 104 Å². The first-order chi connectivity index (χ1) is 19.3. The van der Waals surface area contributed by atoms with E-state index in [4.69, 9.17) is 16.3 Å². The Balaban J connectivity index is 1.43. The third-order valence-electron chi connectivity index (χ3n) is 6.54. The number of aromatic nitrogens is 2. The lowest BCUT2D eigenvalue weighted by atomic mass is 10.2. The van der Waals surface area contributed by atoms with Gasteiger partial charge in [-0.3, -0.25) is 23.5 Å². The molecular weight excluding hydrogens is 532 g/mol. The number of carbonyl (C=O) groups excluding carboxylic acids is 2. The van der Waals surface area contributed by atoms with Crippen molar-refractivity contribution in [2.24, 2.45) is 0 Å². The van der Waals surface area contributed by atoms with Crippen LogP contribution in [-0.2, 0) is 29.2 Å². The summed E-state index contributed by atoms with van der Waals surface area (Å²) in [5.74, 6) is 0.112. The molecule has 0 radical (unpaired) electrons. The minimum atomic E-state index is -0.588. The van der Waals surface area contributed by atoms with Crippen LogP contribution in [0.3, 0.4) is 0 Å². The number of methoxy groups -OCH3 is 1. The standard InChI is InChI=1S/C30H31ClN4O5/c1-20-14-15-24(23(31)17-20)33-28(37)19-35-25-11-5-4-10-22(25)29(38)34(30(35)39)16-8-7-13-27(36)32-18-21-9-3-6-12-26(21)40-2/h3-6,9-12,14-15,17H,7-8,13,16,18-19H2,1-2H3,(H,32,36)(H,33,37). The SMILES string of the molecule is COc1ccccc1CNC(=O)CCCCn1c(=O)c2ccccc2n(CC(=O)Nc2ccc(C)cc2Cl)c1=O. The third-order valence-corrected chi connectivity index (χ3v) is 6.85. The van der Waals surface area contributed by atoms with Crippen molar-refractivity contribution in [3.8, 4) is 5.75 Å². The molecule has 0 saturated carbocycles. The van der Waals surface area contributed by atoms with Gasteiger partial charge in [0.25, 0.3) is 5.56 Å². The summed E-state index contributed by atoms with van der Waals surface area (Å²) in [4.78, 5) is 51.8. The minimum absolute atomic E-state index is 0.119. The Bertz CT molecular complexity index is 1660. The number of halogens is 1. The molecule has 3 aromatic carbocycles. The van der Waals surface area contributed by atoms with E-state index in [-0.39, 0.29) is 25.4 Å². The number of hydrogen-bond acceptors (Lipinski definition) is 5. The Morgan fingerprint density at radius 3 is 2.45 bits per heavy atom. The van der Waals surface area contributed by atoms with Crippen molar-refractivity contribution in [1.82, 2.24) is 14.5 Å². The Hall–Kier alpha value is -4.37. The summed E-state index contributed by atoms with van der Waals surface area (Å²) in [6.07, 6.45) is 1.15. The van der Waals surface area contributed by atoms with E-state index in [2.05, 4.69) is 10.6 Å². The largest absolute Gasteiger partial charge is 0.496 e. The molecule has 1 heterocycles. The second-order valence-corrected chi connectivity index (χ2v) is 9.83. The topological polar surface area (TPSA) is 111 Å². The average molecular weight is 563 g/mol. The van der Waals surface area contributed by atoms with E-state index in [0.29, 0.717) is 46.7 Å². The molecule has 0 unspecified atom stereocenters. The summed E-state index contributed by atoms with van der Waals surface area (Å²) in [5, 5.41) is 6.33. The summed E-state index contributed by atoms with van der Waals surface area (Å²) >= 11 is 6.24. The number of nitrogens with zero attached hydrogens (tertiary/aromatic N) is 2. The number of fused-ring (bicyclic) bond motifs is 1. The zero-order chi connectivity index (χ0) is 28.6. The van der Waals surface area contributed by atoms with Gasteiger partial charge in [0.2, 0.25) is 11.8 Å². The van der Waals surface area contributed by atoms with Gasteiger partial charge in [-0.2, -0.15) is 0 Å². The molecule has 0 aliphatic carbocycles. The van der Waals surface area contributed by atoms with Crippen molar-refractivity contribution in [2.45, 2.75) is 45.8 Å². The van der Waals surface area contributed by atoms with Crippen LogP contribution >= 0.6 is 11.6 Å². The van der Waals surface area contributed by atoms with Gasteiger partial charge in [-0.05, 0) is 55.7 Å². The van der Waals surface area contributed by atoms with Crippen LogP contribution in [-0.4, -0.2) is 28.1 Å². The number of aryl methyl sites for hydroxylation is 1. The van der Waals surface area contributed by atoms with Crippen LogP contribution < -0.4 is 26.6 Å². The van der Waals surface area contributed by atoms with Gasteiger partial charge in [0.15, 0.2) is 0 Å².